The van der Waals surface area contributed by atoms with Crippen LogP contribution < -0.4 is 4.72 Å². The predicted octanol–water partition coefficient (Wildman–Crippen LogP) is 3.26. The number of methoxy groups -OCH3 is 1. The first-order valence-electron chi connectivity index (χ1n) is 9.92. The van der Waals surface area contributed by atoms with Crippen molar-refractivity contribution in [1.82, 2.24) is 9.62 Å². The molecule has 9 heteroatoms. The first kappa shape index (κ1) is 22.1. The van der Waals surface area contributed by atoms with Gasteiger partial charge in [-0.1, -0.05) is 19.3 Å². The summed E-state index contributed by atoms with van der Waals surface area (Å²) in [5, 5.41) is 0. The van der Waals surface area contributed by atoms with E-state index >= 15 is 0 Å². The minimum Gasteiger partial charge on any atom is -0.465 e. The number of hydrogen-bond acceptors (Lipinski definition) is 7. The molecule has 0 aromatic carbocycles. The number of hydrogen-bond donors (Lipinski definition) is 1. The quantitative estimate of drug-likeness (QED) is 0.488. The number of thiophene rings is 1. The van der Waals surface area contributed by atoms with Gasteiger partial charge in [0, 0.05) is 24.0 Å². The molecule has 3 rings (SSSR count). The van der Waals surface area contributed by atoms with Crippen LogP contribution in [0.4, 0.5) is 0 Å². The Morgan fingerprint density at radius 1 is 1.32 bits per heavy atom. The SMILES string of the molecule is COC(=O)c1c(S(=O)(=O)NC2CCCCC2)sc2c1CCN(CCCSC)C2. The third kappa shape index (κ3) is 5.11. The van der Waals surface area contributed by atoms with Crippen molar-refractivity contribution >= 4 is 39.1 Å². The molecule has 6 nitrogen and oxygen atoms in total. The van der Waals surface area contributed by atoms with Crippen molar-refractivity contribution in [2.24, 2.45) is 0 Å². The number of nitrogens with one attached hydrogen (secondary N) is 1. The van der Waals surface area contributed by atoms with Gasteiger partial charge in [-0.25, -0.2) is 17.9 Å². The van der Waals surface area contributed by atoms with Gasteiger partial charge >= 0.3 is 5.97 Å². The number of thioether (sulfide) groups is 1. The number of rotatable bonds is 8. The third-order valence-corrected chi connectivity index (χ3v) is 9.44. The highest BCUT2D eigenvalue weighted by Gasteiger charge is 2.35. The molecule has 0 amide bonds. The average molecular weight is 447 g/mol. The molecule has 1 aromatic heterocycles. The summed E-state index contributed by atoms with van der Waals surface area (Å²) in [7, 11) is -2.42. The monoisotopic (exact) mass is 446 g/mol. The maximum absolute atomic E-state index is 13.1. The lowest BCUT2D eigenvalue weighted by Crippen LogP contribution is -2.36. The normalized spacial score (nSPS) is 18.8. The molecular formula is C19H30N2O4S3. The van der Waals surface area contributed by atoms with Gasteiger partial charge in [-0.05, 0) is 49.8 Å². The fourth-order valence-corrected chi connectivity index (χ4v) is 7.71. The third-order valence-electron chi connectivity index (χ3n) is 5.49. The van der Waals surface area contributed by atoms with E-state index in [-0.39, 0.29) is 15.8 Å². The number of carbonyl (C=O) groups is 1. The lowest BCUT2D eigenvalue weighted by molar-refractivity contribution is 0.0595. The second kappa shape index (κ2) is 9.93. The molecule has 1 aliphatic heterocycles. The van der Waals surface area contributed by atoms with Crippen LogP contribution in [0.2, 0.25) is 0 Å². The molecule has 158 valence electrons. The first-order chi connectivity index (χ1) is 13.5. The van der Waals surface area contributed by atoms with Crippen LogP contribution in [0.25, 0.3) is 0 Å². The zero-order chi connectivity index (χ0) is 20.1. The van der Waals surface area contributed by atoms with Crippen molar-refractivity contribution < 1.29 is 17.9 Å². The van der Waals surface area contributed by atoms with E-state index < -0.39 is 16.0 Å². The van der Waals surface area contributed by atoms with E-state index in [0.29, 0.717) is 13.0 Å². The Morgan fingerprint density at radius 2 is 2.07 bits per heavy atom. The van der Waals surface area contributed by atoms with Crippen molar-refractivity contribution in [1.29, 1.82) is 0 Å². The Morgan fingerprint density at radius 3 is 2.75 bits per heavy atom. The fourth-order valence-electron chi connectivity index (χ4n) is 4.05. The number of carbonyl (C=O) groups excluding carboxylic acids is 1. The van der Waals surface area contributed by atoms with E-state index in [0.717, 1.165) is 67.8 Å². The fraction of sp³-hybridized carbons (Fsp3) is 0.737. The van der Waals surface area contributed by atoms with Crippen molar-refractivity contribution in [2.45, 2.75) is 61.7 Å². The lowest BCUT2D eigenvalue weighted by Gasteiger charge is -2.26. The molecule has 1 fully saturated rings. The molecule has 1 saturated carbocycles. The Hall–Kier alpha value is -0.610. The highest BCUT2D eigenvalue weighted by Crippen LogP contribution is 2.37. The van der Waals surface area contributed by atoms with Gasteiger partial charge < -0.3 is 4.74 Å². The van der Waals surface area contributed by atoms with Crippen LogP contribution in [0.1, 0.15) is 59.3 Å². The van der Waals surface area contributed by atoms with Crippen LogP contribution in [0.3, 0.4) is 0 Å². The van der Waals surface area contributed by atoms with E-state index in [1.807, 2.05) is 11.8 Å². The second-order valence-electron chi connectivity index (χ2n) is 7.49. The van der Waals surface area contributed by atoms with E-state index in [9.17, 15) is 13.2 Å². The Balaban J connectivity index is 1.85. The Bertz CT molecular complexity index is 785. The number of sulfonamides is 1. The molecule has 28 heavy (non-hydrogen) atoms. The minimum atomic E-state index is -3.73. The smallest absolute Gasteiger partial charge is 0.340 e. The van der Waals surface area contributed by atoms with Gasteiger partial charge in [0.1, 0.15) is 4.21 Å². The van der Waals surface area contributed by atoms with Crippen LogP contribution in [0.15, 0.2) is 4.21 Å². The molecule has 2 heterocycles. The minimum absolute atomic E-state index is 0.0357. The number of fused-ring (bicyclic) bond motifs is 1. The summed E-state index contributed by atoms with van der Waals surface area (Å²) in [6, 6.07) is -0.0357. The molecular weight excluding hydrogens is 416 g/mol. The van der Waals surface area contributed by atoms with E-state index in [2.05, 4.69) is 15.9 Å². The van der Waals surface area contributed by atoms with Crippen molar-refractivity contribution in [2.75, 3.05) is 32.2 Å². The van der Waals surface area contributed by atoms with Gasteiger partial charge in [-0.3, -0.25) is 4.90 Å². The largest absolute Gasteiger partial charge is 0.465 e. The summed E-state index contributed by atoms with van der Waals surface area (Å²) in [6.07, 6.45) is 8.88. The number of nitrogens with zero attached hydrogens (tertiary/aromatic N) is 1. The molecule has 2 aliphatic rings. The van der Waals surface area contributed by atoms with Crippen LogP contribution in [0.5, 0.6) is 0 Å². The topological polar surface area (TPSA) is 75.7 Å². The van der Waals surface area contributed by atoms with Gasteiger partial charge in [0.05, 0.1) is 12.7 Å². The maximum atomic E-state index is 13.1. The zero-order valence-corrected chi connectivity index (χ0v) is 19.1. The highest BCUT2D eigenvalue weighted by molar-refractivity contribution is 7.98. The highest BCUT2D eigenvalue weighted by atomic mass is 32.2. The average Bonchev–Trinajstić information content (AvgIpc) is 3.08. The zero-order valence-electron chi connectivity index (χ0n) is 16.7. The summed E-state index contributed by atoms with van der Waals surface area (Å²) < 4.78 is 34.2. The second-order valence-corrected chi connectivity index (χ2v) is 11.5. The van der Waals surface area contributed by atoms with Crippen LogP contribution in [-0.4, -0.2) is 57.5 Å². The van der Waals surface area contributed by atoms with E-state index in [1.54, 1.807) is 0 Å². The van der Waals surface area contributed by atoms with Gasteiger partial charge in [0.25, 0.3) is 10.0 Å². The number of ether oxygens (including phenoxy) is 1. The molecule has 1 aromatic rings. The standard InChI is InChI=1S/C19H30N2O4S3/c1-25-18(22)17-15-9-11-21(10-6-12-26-2)13-16(15)27-19(17)28(23,24)20-14-7-4-3-5-8-14/h14,20H,3-13H2,1-2H3. The van der Waals surface area contributed by atoms with E-state index in [4.69, 9.17) is 4.74 Å². The number of esters is 1. The van der Waals surface area contributed by atoms with Crippen molar-refractivity contribution in [3.8, 4) is 0 Å². The molecule has 0 saturated heterocycles. The molecule has 0 atom stereocenters. The van der Waals surface area contributed by atoms with Crippen LogP contribution in [-0.2, 0) is 27.7 Å². The summed E-state index contributed by atoms with van der Waals surface area (Å²) in [5.74, 6) is 0.573. The molecule has 0 radical (unpaired) electrons. The van der Waals surface area contributed by atoms with Gasteiger partial charge in [-0.2, -0.15) is 11.8 Å². The van der Waals surface area contributed by atoms with Crippen LogP contribution >= 0.6 is 23.1 Å². The summed E-state index contributed by atoms with van der Waals surface area (Å²) >= 11 is 3.08. The van der Waals surface area contributed by atoms with Gasteiger partial charge in [-0.15, -0.1) is 11.3 Å². The summed E-state index contributed by atoms with van der Waals surface area (Å²) in [4.78, 5) is 15.8. The molecule has 1 aliphatic carbocycles. The Labute approximate surface area is 176 Å². The van der Waals surface area contributed by atoms with Gasteiger partial charge in [0.2, 0.25) is 0 Å². The van der Waals surface area contributed by atoms with Crippen molar-refractivity contribution in [3.63, 3.8) is 0 Å². The van der Waals surface area contributed by atoms with E-state index in [1.165, 1.54) is 18.4 Å². The molecule has 0 unspecified atom stereocenters. The van der Waals surface area contributed by atoms with Crippen LogP contribution in [0, 0.1) is 0 Å². The predicted molar refractivity (Wildman–Crippen MR) is 115 cm³/mol. The van der Waals surface area contributed by atoms with Gasteiger partial charge in [0.15, 0.2) is 0 Å². The Kier molecular flexibility index (Phi) is 7.83. The maximum Gasteiger partial charge on any atom is 0.340 e. The summed E-state index contributed by atoms with van der Waals surface area (Å²) in [5.41, 5.74) is 1.12. The lowest BCUT2D eigenvalue weighted by atomic mass is 9.96. The molecule has 0 bridgehead atoms. The molecule has 0 spiro atoms. The first-order valence-corrected chi connectivity index (χ1v) is 13.6. The molecule has 1 N–H and O–H groups in total. The van der Waals surface area contributed by atoms with Crippen molar-refractivity contribution in [3.05, 3.63) is 16.0 Å². The summed E-state index contributed by atoms with van der Waals surface area (Å²) in [6.45, 7) is 2.54.